The summed E-state index contributed by atoms with van der Waals surface area (Å²) in [6, 6.07) is 13.0. The number of nitrogens with two attached hydrogens (primary N) is 1. The number of alkyl halides is 3. The first kappa shape index (κ1) is 26.3. The second kappa shape index (κ2) is 10.7. The Bertz CT molecular complexity index is 1600. The third kappa shape index (κ3) is 5.79. The summed E-state index contributed by atoms with van der Waals surface area (Å²) in [4.78, 5) is 34.2. The van der Waals surface area contributed by atoms with Crippen molar-refractivity contribution in [2.45, 2.75) is 6.18 Å². The number of amides is 2. The van der Waals surface area contributed by atoms with Crippen molar-refractivity contribution >= 4 is 57.6 Å². The van der Waals surface area contributed by atoms with Gasteiger partial charge in [0.2, 0.25) is 0 Å². The molecule has 0 fully saturated rings. The van der Waals surface area contributed by atoms with E-state index in [2.05, 4.69) is 20.6 Å². The highest BCUT2D eigenvalue weighted by atomic mass is 35.5. The third-order valence-corrected chi connectivity index (χ3v) is 5.68. The van der Waals surface area contributed by atoms with Crippen LogP contribution in [0.15, 0.2) is 73.1 Å². The van der Waals surface area contributed by atoms with Gasteiger partial charge in [0.15, 0.2) is 5.78 Å². The molecule has 0 aliphatic rings. The van der Waals surface area contributed by atoms with E-state index in [1.165, 1.54) is 30.6 Å². The Balaban J connectivity index is 1.53. The van der Waals surface area contributed by atoms with Gasteiger partial charge in [0.25, 0.3) is 0 Å². The summed E-state index contributed by atoms with van der Waals surface area (Å²) in [5.74, 6) is -0.364. The Kier molecular flexibility index (Phi) is 7.40. The van der Waals surface area contributed by atoms with Gasteiger partial charge in [-0.05, 0) is 48.5 Å². The molecule has 38 heavy (non-hydrogen) atoms. The van der Waals surface area contributed by atoms with Gasteiger partial charge in [-0.25, -0.2) is 9.78 Å². The van der Waals surface area contributed by atoms with Crippen LogP contribution in [-0.4, -0.2) is 28.0 Å². The smallest absolute Gasteiger partial charge is 0.404 e. The first-order valence-corrected chi connectivity index (χ1v) is 11.3. The largest absolute Gasteiger partial charge is 0.417 e. The van der Waals surface area contributed by atoms with Crippen molar-refractivity contribution < 1.29 is 22.8 Å². The molecule has 0 radical (unpaired) electrons. The van der Waals surface area contributed by atoms with Crippen LogP contribution >= 0.6 is 11.6 Å². The SMILES string of the molecule is N=C/C(=C\N)c1cnc2ccc(C(=O)c3cccc(NC(=O)Nc4ccc(Cl)c(C(F)(F)F)c4)c3)cc2n1. The number of hydrogen-bond acceptors (Lipinski definition) is 6. The molecule has 12 heteroatoms. The maximum Gasteiger partial charge on any atom is 0.417 e. The molecular formula is C26H18ClF3N6O2. The zero-order chi connectivity index (χ0) is 27.4. The molecule has 8 nitrogen and oxygen atoms in total. The predicted molar refractivity (Wildman–Crippen MR) is 139 cm³/mol. The van der Waals surface area contributed by atoms with Crippen molar-refractivity contribution in [3.8, 4) is 0 Å². The Morgan fingerprint density at radius 2 is 1.66 bits per heavy atom. The second-order valence-corrected chi connectivity index (χ2v) is 8.31. The van der Waals surface area contributed by atoms with Crippen LogP contribution < -0.4 is 16.4 Å². The lowest BCUT2D eigenvalue weighted by atomic mass is 10.0. The molecule has 0 saturated carbocycles. The Morgan fingerprint density at radius 1 is 0.947 bits per heavy atom. The maximum atomic E-state index is 13.2. The zero-order valence-electron chi connectivity index (χ0n) is 19.3. The number of nitrogens with one attached hydrogen (secondary N) is 3. The minimum atomic E-state index is -4.68. The van der Waals surface area contributed by atoms with E-state index >= 15 is 0 Å². The van der Waals surface area contributed by atoms with Crippen LogP contribution in [0.4, 0.5) is 29.3 Å². The summed E-state index contributed by atoms with van der Waals surface area (Å²) in [5, 5.41) is 11.7. The highest BCUT2D eigenvalue weighted by molar-refractivity contribution is 6.31. The lowest BCUT2D eigenvalue weighted by molar-refractivity contribution is -0.137. The standard InChI is InChI=1S/C26H18ClF3N6O2/c27-20-6-5-18(10-19(20)26(28,29)30)35-25(38)34-17-3-1-2-14(8-17)24(37)15-4-7-21-22(9-15)36-23(13-33-21)16(11-31)12-32/h1-13,31H,32H2,(H2,34,35,38)/b16-12+,31-11?. The van der Waals surface area contributed by atoms with Gasteiger partial charge in [-0.2, -0.15) is 13.2 Å². The number of benzene rings is 3. The maximum absolute atomic E-state index is 13.2. The first-order chi connectivity index (χ1) is 18.1. The first-order valence-electron chi connectivity index (χ1n) is 10.9. The average molecular weight is 539 g/mol. The predicted octanol–water partition coefficient (Wildman–Crippen LogP) is 6.13. The molecule has 4 rings (SSSR count). The minimum absolute atomic E-state index is 0.112. The molecular weight excluding hydrogens is 521 g/mol. The summed E-state index contributed by atoms with van der Waals surface area (Å²) in [6.45, 7) is 0. The van der Waals surface area contributed by atoms with E-state index in [0.717, 1.165) is 18.3 Å². The van der Waals surface area contributed by atoms with Crippen LogP contribution in [0, 0.1) is 5.41 Å². The molecule has 3 aromatic carbocycles. The number of carbonyl (C=O) groups is 2. The van der Waals surface area contributed by atoms with Gasteiger partial charge in [0, 0.05) is 40.5 Å². The summed E-state index contributed by atoms with van der Waals surface area (Å²) < 4.78 is 39.2. The van der Waals surface area contributed by atoms with Crippen LogP contribution in [0.1, 0.15) is 27.2 Å². The van der Waals surface area contributed by atoms with Crippen molar-refractivity contribution in [3.63, 3.8) is 0 Å². The normalized spacial score (nSPS) is 11.7. The zero-order valence-corrected chi connectivity index (χ0v) is 20.1. The molecule has 192 valence electrons. The van der Waals surface area contributed by atoms with Crippen LogP contribution in [0.3, 0.4) is 0 Å². The van der Waals surface area contributed by atoms with Crippen LogP contribution in [0.2, 0.25) is 5.02 Å². The second-order valence-electron chi connectivity index (χ2n) is 7.91. The van der Waals surface area contributed by atoms with Gasteiger partial charge >= 0.3 is 12.2 Å². The molecule has 0 spiro atoms. The van der Waals surface area contributed by atoms with Gasteiger partial charge in [-0.15, -0.1) is 0 Å². The molecule has 1 heterocycles. The highest BCUT2D eigenvalue weighted by Gasteiger charge is 2.33. The van der Waals surface area contributed by atoms with Crippen molar-refractivity contribution in [2.24, 2.45) is 5.73 Å². The van der Waals surface area contributed by atoms with E-state index in [1.54, 1.807) is 30.3 Å². The van der Waals surface area contributed by atoms with Crippen molar-refractivity contribution in [2.75, 3.05) is 10.6 Å². The van der Waals surface area contributed by atoms with Gasteiger partial charge in [0.05, 0.1) is 33.5 Å². The van der Waals surface area contributed by atoms with Gasteiger partial charge in [-0.1, -0.05) is 23.7 Å². The average Bonchev–Trinajstić information content (AvgIpc) is 2.89. The number of rotatable bonds is 6. The van der Waals surface area contributed by atoms with E-state index in [-0.39, 0.29) is 22.7 Å². The number of hydrogen-bond donors (Lipinski definition) is 4. The van der Waals surface area contributed by atoms with Gasteiger partial charge in [0.1, 0.15) is 0 Å². The van der Waals surface area contributed by atoms with Crippen molar-refractivity contribution in [1.29, 1.82) is 5.41 Å². The molecule has 2 amide bonds. The number of halogens is 4. The number of aromatic nitrogens is 2. The minimum Gasteiger partial charge on any atom is -0.404 e. The third-order valence-electron chi connectivity index (χ3n) is 5.35. The van der Waals surface area contributed by atoms with E-state index in [1.807, 2.05) is 0 Å². The van der Waals surface area contributed by atoms with Crippen molar-refractivity contribution in [1.82, 2.24) is 9.97 Å². The fourth-order valence-electron chi connectivity index (χ4n) is 3.52. The number of anilines is 2. The number of urea groups is 1. The van der Waals surface area contributed by atoms with Crippen LogP contribution in [0.25, 0.3) is 16.6 Å². The molecule has 0 atom stereocenters. The van der Waals surface area contributed by atoms with E-state index in [4.69, 9.17) is 22.7 Å². The number of fused-ring (bicyclic) bond motifs is 1. The molecule has 0 unspecified atom stereocenters. The van der Waals surface area contributed by atoms with Crippen LogP contribution in [-0.2, 0) is 6.18 Å². The molecule has 0 saturated heterocycles. The van der Waals surface area contributed by atoms with Crippen LogP contribution in [0.5, 0.6) is 0 Å². The van der Waals surface area contributed by atoms with Gasteiger partial charge in [-0.3, -0.25) is 9.78 Å². The lowest BCUT2D eigenvalue weighted by Gasteiger charge is -2.12. The summed E-state index contributed by atoms with van der Waals surface area (Å²) in [6.07, 6.45) is -0.933. The Morgan fingerprint density at radius 3 is 2.34 bits per heavy atom. The Labute approximate surface area is 218 Å². The van der Waals surface area contributed by atoms with Gasteiger partial charge < -0.3 is 21.8 Å². The van der Waals surface area contributed by atoms with Crippen molar-refractivity contribution in [3.05, 3.63) is 100 Å². The number of carbonyl (C=O) groups excluding carboxylic acids is 2. The highest BCUT2D eigenvalue weighted by Crippen LogP contribution is 2.36. The molecule has 5 N–H and O–H groups in total. The Hall–Kier alpha value is -4.77. The lowest BCUT2D eigenvalue weighted by Crippen LogP contribution is -2.20. The molecule has 1 aromatic heterocycles. The molecule has 0 aliphatic carbocycles. The summed E-state index contributed by atoms with van der Waals surface area (Å²) >= 11 is 5.61. The van der Waals surface area contributed by atoms with E-state index in [9.17, 15) is 22.8 Å². The molecule has 4 aromatic rings. The molecule has 0 aliphatic heterocycles. The number of allylic oxidation sites excluding steroid dienone is 1. The quantitative estimate of drug-likeness (QED) is 0.173. The number of ketones is 1. The molecule has 0 bridgehead atoms. The fraction of sp³-hybridized carbons (Fsp3) is 0.0385. The summed E-state index contributed by atoms with van der Waals surface area (Å²) in [7, 11) is 0. The topological polar surface area (TPSA) is 134 Å². The monoisotopic (exact) mass is 538 g/mol. The fourth-order valence-corrected chi connectivity index (χ4v) is 3.74. The number of nitrogens with zero attached hydrogens (tertiary/aromatic N) is 2. The summed E-state index contributed by atoms with van der Waals surface area (Å²) in [5.41, 5.74) is 6.81. The van der Waals surface area contributed by atoms with E-state index in [0.29, 0.717) is 27.9 Å². The van der Waals surface area contributed by atoms with E-state index < -0.39 is 22.8 Å².